The molecule has 0 rings (SSSR count). The number of carbonyl (C=O) groups is 1. The van der Waals surface area contributed by atoms with Gasteiger partial charge in [-0.2, -0.15) is 92.2 Å². The third kappa shape index (κ3) is 5.46. The Morgan fingerprint density at radius 2 is 0.878 bits per heavy atom. The van der Waals surface area contributed by atoms with Gasteiger partial charge in [-0.25, -0.2) is 13.2 Å². The number of hydrogen-bond donors (Lipinski definition) is 1. The lowest BCUT2D eigenvalue weighted by Gasteiger charge is -2.42. The number of ether oxygens (including phenoxy) is 1. The molecule has 244 valence electrons. The molecule has 0 aromatic heterocycles. The van der Waals surface area contributed by atoms with E-state index in [1.807, 2.05) is 0 Å². The summed E-state index contributed by atoms with van der Waals surface area (Å²) in [7, 11) is -8.84. The molecule has 0 aromatic rings. The predicted molar refractivity (Wildman–Crippen MR) is 83.5 cm³/mol. The van der Waals surface area contributed by atoms with E-state index in [1.54, 1.807) is 0 Å². The summed E-state index contributed by atoms with van der Waals surface area (Å²) >= 11 is 0. The quantitative estimate of drug-likeness (QED) is 0.116. The van der Waals surface area contributed by atoms with E-state index >= 15 is 0 Å². The maximum atomic E-state index is 13.7. The zero-order valence-electron chi connectivity index (χ0n) is 18.2. The Morgan fingerprint density at radius 1 is 0.585 bits per heavy atom. The van der Waals surface area contributed by atoms with Gasteiger partial charge in [0.2, 0.25) is 0 Å². The maximum absolute atomic E-state index is 13.7. The number of alkyl halides is 21. The number of sulfonamides is 1. The number of rotatable bonds is 12. The maximum Gasteiger partial charge on any atom is 0.483 e. The van der Waals surface area contributed by atoms with Crippen LogP contribution in [0.3, 0.4) is 0 Å². The summed E-state index contributed by atoms with van der Waals surface area (Å²) in [5.74, 6) is -56.8. The van der Waals surface area contributed by atoms with Gasteiger partial charge in [-0.05, 0) is 6.92 Å². The third-order valence-electron chi connectivity index (χ3n) is 4.23. The predicted octanol–water partition coefficient (Wildman–Crippen LogP) is 6.18. The van der Waals surface area contributed by atoms with Gasteiger partial charge in [0.05, 0.1) is 0 Å². The van der Waals surface area contributed by atoms with Crippen molar-refractivity contribution in [3.8, 4) is 0 Å². The van der Waals surface area contributed by atoms with Crippen molar-refractivity contribution in [2.75, 3.05) is 0 Å². The van der Waals surface area contributed by atoms with Gasteiger partial charge in [-0.15, -0.1) is 4.72 Å². The lowest BCUT2D eigenvalue weighted by atomic mass is 9.91. The first-order valence-corrected chi connectivity index (χ1v) is 10.2. The summed E-state index contributed by atoms with van der Waals surface area (Å²) in [4.78, 5) is 10.9. The van der Waals surface area contributed by atoms with Crippen LogP contribution in [0, 0.1) is 0 Å². The van der Waals surface area contributed by atoms with E-state index in [0.29, 0.717) is 6.92 Å². The van der Waals surface area contributed by atoms with Crippen LogP contribution in [0.1, 0.15) is 6.92 Å². The number of carbonyl (C=O) groups excluding carboxylic acids is 1. The van der Waals surface area contributed by atoms with Crippen molar-refractivity contribution >= 4 is 16.0 Å². The van der Waals surface area contributed by atoms with Gasteiger partial charge in [0.15, 0.2) is 0 Å². The minimum atomic E-state index is -9.27. The molecule has 0 atom stereocenters. The van der Waals surface area contributed by atoms with E-state index in [0.717, 1.165) is 0 Å². The van der Waals surface area contributed by atoms with Crippen molar-refractivity contribution in [3.05, 3.63) is 12.2 Å². The molecule has 0 saturated carbocycles. The van der Waals surface area contributed by atoms with Gasteiger partial charge in [0.1, 0.15) is 0 Å². The van der Waals surface area contributed by atoms with Crippen molar-refractivity contribution in [3.63, 3.8) is 0 Å². The fourth-order valence-electron chi connectivity index (χ4n) is 1.88. The molecule has 0 radical (unpaired) electrons. The average molecular weight is 683 g/mol. The lowest BCUT2D eigenvalue weighted by molar-refractivity contribution is -0.458. The standard InChI is InChI=1S/C14H6F21NO4S/c1-3(2)4(37)40-13(32,33)12(30,31)36-41(38,39)14(34,35)10(25,26)8(21,22)6(17,18)5(15,16)7(19,20)9(23,24)11(27,28)29/h36H,1H2,2H3. The van der Waals surface area contributed by atoms with Gasteiger partial charge in [0, 0.05) is 5.57 Å². The average Bonchev–Trinajstić information content (AvgIpc) is 2.70. The fourth-order valence-corrected chi connectivity index (χ4v) is 2.93. The van der Waals surface area contributed by atoms with Crippen LogP contribution >= 0.6 is 0 Å². The van der Waals surface area contributed by atoms with E-state index in [9.17, 15) is 105 Å². The molecule has 0 spiro atoms. The molecule has 0 saturated heterocycles. The van der Waals surface area contributed by atoms with Crippen molar-refractivity contribution in [2.45, 2.75) is 66.0 Å². The second-order valence-corrected chi connectivity index (χ2v) is 9.05. The number of hydrogen-bond acceptors (Lipinski definition) is 4. The van der Waals surface area contributed by atoms with Crippen LogP contribution in [-0.4, -0.2) is 73.5 Å². The highest BCUT2D eigenvalue weighted by atomic mass is 32.2. The Hall–Kier alpha value is -2.35. The van der Waals surface area contributed by atoms with E-state index in [2.05, 4.69) is 11.3 Å². The molecule has 0 aromatic carbocycles. The molecule has 0 bridgehead atoms. The minimum Gasteiger partial charge on any atom is -0.392 e. The van der Waals surface area contributed by atoms with Gasteiger partial charge in [-0.3, -0.25) is 0 Å². The van der Waals surface area contributed by atoms with E-state index in [4.69, 9.17) is 0 Å². The Morgan fingerprint density at radius 3 is 1.17 bits per heavy atom. The molecule has 0 heterocycles. The minimum absolute atomic E-state index is 0.404. The normalized spacial score (nSPS) is 16.0. The zero-order valence-corrected chi connectivity index (χ0v) is 19.0. The highest BCUT2D eigenvalue weighted by Crippen LogP contribution is 2.64. The van der Waals surface area contributed by atoms with Crippen LogP contribution < -0.4 is 4.72 Å². The molecular weight excluding hydrogens is 677 g/mol. The smallest absolute Gasteiger partial charge is 0.392 e. The highest BCUT2D eigenvalue weighted by molar-refractivity contribution is 7.90. The SMILES string of the molecule is C=C(C)C(=O)OC(F)(F)C(F)(F)NS(=O)(=O)C(F)(F)C(F)(F)C(F)(F)C(F)(F)C(F)(F)C(F)(F)C(F)(F)C(F)(F)F. The molecule has 0 fully saturated rings. The number of esters is 1. The third-order valence-corrected chi connectivity index (χ3v) is 5.68. The Kier molecular flexibility index (Phi) is 9.29. The zero-order chi connectivity index (χ0) is 34.1. The molecule has 0 unspecified atom stereocenters. The monoisotopic (exact) mass is 683 g/mol. The first-order chi connectivity index (χ1) is 17.3. The summed E-state index contributed by atoms with van der Waals surface area (Å²) in [6, 6.07) is -7.17. The van der Waals surface area contributed by atoms with Crippen molar-refractivity contribution in [1.82, 2.24) is 4.72 Å². The van der Waals surface area contributed by atoms with Crippen LogP contribution in [0.25, 0.3) is 0 Å². The van der Waals surface area contributed by atoms with Gasteiger partial charge in [-0.1, -0.05) is 6.58 Å². The fraction of sp³-hybridized carbons (Fsp3) is 0.786. The van der Waals surface area contributed by atoms with Gasteiger partial charge < -0.3 is 4.74 Å². The number of halogens is 21. The largest absolute Gasteiger partial charge is 0.483 e. The van der Waals surface area contributed by atoms with Crippen LogP contribution in [-0.2, 0) is 19.6 Å². The molecular formula is C14H6F21NO4S. The first kappa shape index (κ1) is 38.6. The van der Waals surface area contributed by atoms with E-state index in [-0.39, 0.29) is 0 Å². The van der Waals surface area contributed by atoms with Crippen LogP contribution in [0.4, 0.5) is 92.2 Å². The molecule has 0 amide bonds. The lowest BCUT2D eigenvalue weighted by Crippen LogP contribution is -2.75. The molecule has 27 heteroatoms. The molecule has 41 heavy (non-hydrogen) atoms. The van der Waals surface area contributed by atoms with Gasteiger partial charge in [0.25, 0.3) is 10.0 Å². The van der Waals surface area contributed by atoms with E-state index < -0.39 is 85.4 Å². The second-order valence-electron chi connectivity index (χ2n) is 7.33. The summed E-state index contributed by atoms with van der Waals surface area (Å²) in [5, 5.41) is -8.57. The molecule has 0 aliphatic rings. The van der Waals surface area contributed by atoms with Crippen LogP contribution in [0.15, 0.2) is 12.2 Å². The number of nitrogens with one attached hydrogen (secondary N) is 1. The Labute approximate surface area is 210 Å². The second kappa shape index (κ2) is 9.85. The van der Waals surface area contributed by atoms with Gasteiger partial charge >= 0.3 is 65.1 Å². The van der Waals surface area contributed by atoms with Crippen molar-refractivity contribution < 1.29 is 110 Å². The molecule has 0 aliphatic carbocycles. The molecule has 0 aliphatic heterocycles. The molecule has 5 nitrogen and oxygen atoms in total. The Balaban J connectivity index is 6.98. The summed E-state index contributed by atoms with van der Waals surface area (Å²) in [6.45, 7) is 2.90. The summed E-state index contributed by atoms with van der Waals surface area (Å²) < 4.78 is 301. The van der Waals surface area contributed by atoms with Crippen molar-refractivity contribution in [2.24, 2.45) is 0 Å². The first-order valence-electron chi connectivity index (χ1n) is 8.68. The van der Waals surface area contributed by atoms with Crippen LogP contribution in [0.2, 0.25) is 0 Å². The van der Waals surface area contributed by atoms with Crippen molar-refractivity contribution in [1.29, 1.82) is 0 Å². The Bertz CT molecular complexity index is 1140. The highest BCUT2D eigenvalue weighted by Gasteiger charge is 2.96. The summed E-state index contributed by atoms with van der Waals surface area (Å²) in [5.41, 5.74) is -1.25. The summed E-state index contributed by atoms with van der Waals surface area (Å²) in [6.07, 6.45) is -14.9. The topological polar surface area (TPSA) is 72.5 Å². The van der Waals surface area contributed by atoms with E-state index in [1.165, 1.54) is 0 Å². The van der Waals surface area contributed by atoms with Crippen LogP contribution in [0.5, 0.6) is 0 Å². The molecule has 1 N–H and O–H groups in total.